The van der Waals surface area contributed by atoms with Crippen LogP contribution in [0.2, 0.25) is 0 Å². The summed E-state index contributed by atoms with van der Waals surface area (Å²) in [4.78, 5) is 12.1. The van der Waals surface area contributed by atoms with Crippen molar-refractivity contribution in [1.82, 2.24) is 0 Å². The second-order valence-electron chi connectivity index (χ2n) is 5.14. The van der Waals surface area contributed by atoms with Crippen molar-refractivity contribution in [2.75, 3.05) is 0 Å². The second-order valence-corrected chi connectivity index (χ2v) is 5.14. The third-order valence-corrected chi connectivity index (χ3v) is 3.63. The predicted molar refractivity (Wildman–Crippen MR) is 61.8 cm³/mol. The number of carbonyl (C=O) groups is 1. The number of Topliss-reactive ketones (excluding diaryl/α,β-unsaturated/α-hetero) is 1. The van der Waals surface area contributed by atoms with Crippen LogP contribution in [-0.4, -0.2) is 11.9 Å². The van der Waals surface area contributed by atoms with Crippen LogP contribution in [0.15, 0.2) is 18.2 Å². The van der Waals surface area contributed by atoms with E-state index in [0.717, 1.165) is 24.2 Å². The average Bonchev–Trinajstić information content (AvgIpc) is 2.85. The van der Waals surface area contributed by atoms with E-state index < -0.39 is 0 Å². The third-order valence-electron chi connectivity index (χ3n) is 3.63. The van der Waals surface area contributed by atoms with Crippen molar-refractivity contribution in [2.24, 2.45) is 11.8 Å². The minimum atomic E-state index is 0.250. The second kappa shape index (κ2) is 3.34. The minimum Gasteiger partial charge on any atom is -0.490 e. The maximum Gasteiger partial charge on any atom is 0.166 e. The van der Waals surface area contributed by atoms with E-state index in [1.54, 1.807) is 0 Å². The van der Waals surface area contributed by atoms with E-state index in [1.807, 2.05) is 18.2 Å². The lowest BCUT2D eigenvalue weighted by Gasteiger charge is -2.03. The van der Waals surface area contributed by atoms with Crippen LogP contribution in [0.25, 0.3) is 0 Å². The smallest absolute Gasteiger partial charge is 0.166 e. The molecule has 0 bridgehead atoms. The van der Waals surface area contributed by atoms with E-state index in [4.69, 9.17) is 4.74 Å². The largest absolute Gasteiger partial charge is 0.490 e. The van der Waals surface area contributed by atoms with Crippen molar-refractivity contribution >= 4 is 5.78 Å². The quantitative estimate of drug-likeness (QED) is 0.710. The third kappa shape index (κ3) is 1.53. The van der Waals surface area contributed by atoms with Gasteiger partial charge in [0, 0.05) is 17.9 Å². The van der Waals surface area contributed by atoms with Gasteiger partial charge in [-0.3, -0.25) is 4.79 Å². The molecule has 1 heterocycles. The van der Waals surface area contributed by atoms with Crippen LogP contribution in [0.5, 0.6) is 5.75 Å². The van der Waals surface area contributed by atoms with Gasteiger partial charge in [0.1, 0.15) is 11.9 Å². The number of benzene rings is 1. The number of ketones is 1. The van der Waals surface area contributed by atoms with Crippen molar-refractivity contribution in [3.63, 3.8) is 0 Å². The molecule has 2 aliphatic rings. The van der Waals surface area contributed by atoms with Gasteiger partial charge in [-0.2, -0.15) is 0 Å². The van der Waals surface area contributed by atoms with Crippen LogP contribution >= 0.6 is 0 Å². The predicted octanol–water partition coefficient (Wildman–Crippen LogP) is 2.85. The topological polar surface area (TPSA) is 26.3 Å². The van der Waals surface area contributed by atoms with Gasteiger partial charge < -0.3 is 4.74 Å². The van der Waals surface area contributed by atoms with Crippen LogP contribution in [-0.2, 0) is 6.42 Å². The molecular weight excluding hydrogens is 200 g/mol. The molecular formula is C14H16O2. The molecule has 16 heavy (non-hydrogen) atoms. The highest BCUT2D eigenvalue weighted by molar-refractivity contribution is 5.99. The lowest BCUT2D eigenvalue weighted by Crippen LogP contribution is -2.05. The molecule has 0 N–H and O–H groups in total. The van der Waals surface area contributed by atoms with Crippen molar-refractivity contribution in [3.05, 3.63) is 29.3 Å². The normalized spacial score (nSPS) is 30.8. The molecule has 0 spiro atoms. The summed E-state index contributed by atoms with van der Waals surface area (Å²) in [7, 11) is 0. The molecule has 2 heteroatoms. The first-order chi connectivity index (χ1) is 7.65. The summed E-state index contributed by atoms with van der Waals surface area (Å²) in [5.41, 5.74) is 2.05. The van der Waals surface area contributed by atoms with Gasteiger partial charge in [0.05, 0.1) is 0 Å². The summed E-state index contributed by atoms with van der Waals surface area (Å²) in [5.74, 6) is 2.12. The zero-order valence-corrected chi connectivity index (χ0v) is 9.69. The van der Waals surface area contributed by atoms with E-state index in [0.29, 0.717) is 11.7 Å². The molecule has 3 rings (SSSR count). The van der Waals surface area contributed by atoms with Gasteiger partial charge in [0.25, 0.3) is 0 Å². The summed E-state index contributed by atoms with van der Waals surface area (Å²) < 4.78 is 5.63. The average molecular weight is 216 g/mol. The molecule has 0 amide bonds. The van der Waals surface area contributed by atoms with Gasteiger partial charge in [-0.15, -0.1) is 0 Å². The Labute approximate surface area is 95.6 Å². The Morgan fingerprint density at radius 1 is 1.38 bits per heavy atom. The number of hydrogen-bond acceptors (Lipinski definition) is 2. The highest BCUT2D eigenvalue weighted by Gasteiger charge is 2.39. The molecule has 2 nitrogen and oxygen atoms in total. The monoisotopic (exact) mass is 216 g/mol. The van der Waals surface area contributed by atoms with E-state index in [9.17, 15) is 4.79 Å². The Kier molecular flexibility index (Phi) is 2.06. The summed E-state index contributed by atoms with van der Waals surface area (Å²) in [6.07, 6.45) is 2.24. The first-order valence-electron chi connectivity index (χ1n) is 5.99. The van der Waals surface area contributed by atoms with Gasteiger partial charge in [-0.1, -0.05) is 6.92 Å². The minimum absolute atomic E-state index is 0.250. The summed E-state index contributed by atoms with van der Waals surface area (Å²) in [6, 6.07) is 5.87. The fourth-order valence-corrected chi connectivity index (χ4v) is 2.48. The Morgan fingerprint density at radius 2 is 2.12 bits per heavy atom. The Morgan fingerprint density at radius 3 is 2.81 bits per heavy atom. The Bertz CT molecular complexity index is 450. The Hall–Kier alpha value is -1.31. The zero-order valence-electron chi connectivity index (χ0n) is 9.69. The lowest BCUT2D eigenvalue weighted by atomic mass is 10.0. The molecule has 1 aliphatic heterocycles. The summed E-state index contributed by atoms with van der Waals surface area (Å²) in [6.45, 7) is 4.20. The Balaban J connectivity index is 1.87. The maximum atomic E-state index is 12.1. The molecule has 0 aromatic heterocycles. The van der Waals surface area contributed by atoms with Crippen LogP contribution < -0.4 is 4.74 Å². The van der Waals surface area contributed by atoms with Crippen molar-refractivity contribution in [3.8, 4) is 5.75 Å². The number of carbonyl (C=O) groups excluding carboxylic acids is 1. The highest BCUT2D eigenvalue weighted by Crippen LogP contribution is 2.41. The molecule has 1 aromatic rings. The SMILES string of the molecule is CC1Cc2cc(C(=O)C3CC3C)ccc2O1. The molecule has 1 aliphatic carbocycles. The van der Waals surface area contributed by atoms with Crippen LogP contribution in [0.3, 0.4) is 0 Å². The first-order valence-corrected chi connectivity index (χ1v) is 5.99. The van der Waals surface area contributed by atoms with Crippen LogP contribution in [0.1, 0.15) is 36.2 Å². The van der Waals surface area contributed by atoms with Gasteiger partial charge >= 0.3 is 0 Å². The molecule has 84 valence electrons. The van der Waals surface area contributed by atoms with E-state index in [2.05, 4.69) is 13.8 Å². The van der Waals surface area contributed by atoms with Gasteiger partial charge in [0.2, 0.25) is 0 Å². The van der Waals surface area contributed by atoms with Gasteiger partial charge in [0.15, 0.2) is 5.78 Å². The standard InChI is InChI=1S/C14H16O2/c1-8-5-12(8)14(15)10-3-4-13-11(7-10)6-9(2)16-13/h3-4,7-9,12H,5-6H2,1-2H3. The van der Waals surface area contributed by atoms with E-state index >= 15 is 0 Å². The first kappa shape index (κ1) is 9.88. The van der Waals surface area contributed by atoms with Gasteiger partial charge in [-0.25, -0.2) is 0 Å². The van der Waals surface area contributed by atoms with E-state index in [-0.39, 0.29) is 12.0 Å². The molecule has 3 unspecified atom stereocenters. The number of rotatable bonds is 2. The highest BCUT2D eigenvalue weighted by atomic mass is 16.5. The molecule has 0 radical (unpaired) electrons. The molecule has 3 atom stereocenters. The molecule has 1 fully saturated rings. The molecule has 1 aromatic carbocycles. The van der Waals surface area contributed by atoms with Crippen molar-refractivity contribution in [2.45, 2.75) is 32.8 Å². The molecule has 0 saturated heterocycles. The van der Waals surface area contributed by atoms with Crippen molar-refractivity contribution < 1.29 is 9.53 Å². The maximum absolute atomic E-state index is 12.1. The van der Waals surface area contributed by atoms with E-state index in [1.165, 1.54) is 5.56 Å². The molecule has 1 saturated carbocycles. The van der Waals surface area contributed by atoms with Crippen LogP contribution in [0.4, 0.5) is 0 Å². The zero-order chi connectivity index (χ0) is 11.3. The van der Waals surface area contributed by atoms with Crippen LogP contribution in [0, 0.1) is 11.8 Å². The lowest BCUT2D eigenvalue weighted by molar-refractivity contribution is 0.0962. The number of hydrogen-bond donors (Lipinski definition) is 0. The fourth-order valence-electron chi connectivity index (χ4n) is 2.48. The van der Waals surface area contributed by atoms with Crippen molar-refractivity contribution in [1.29, 1.82) is 0 Å². The number of ether oxygens (including phenoxy) is 1. The fraction of sp³-hybridized carbons (Fsp3) is 0.500. The van der Waals surface area contributed by atoms with Gasteiger partial charge in [-0.05, 0) is 43.0 Å². The summed E-state index contributed by atoms with van der Waals surface area (Å²) in [5, 5.41) is 0. The number of fused-ring (bicyclic) bond motifs is 1. The summed E-state index contributed by atoms with van der Waals surface area (Å²) >= 11 is 0.